The molecule has 0 aliphatic carbocycles. The second-order valence-electron chi connectivity index (χ2n) is 14.7. The van der Waals surface area contributed by atoms with Crippen LogP contribution in [0.2, 0.25) is 0 Å². The van der Waals surface area contributed by atoms with E-state index in [1.165, 1.54) is 61.7 Å². The fourth-order valence-electron chi connectivity index (χ4n) is 7.11. The second-order valence-corrected chi connectivity index (χ2v) is 15.6. The zero-order valence-electron chi connectivity index (χ0n) is 33.4. The number of halogens is 10. The highest BCUT2D eigenvalue weighted by Gasteiger charge is 2.35. The number of anilines is 1. The molecule has 0 saturated carbocycles. The molecule has 2 aliphatic rings. The maximum Gasteiger partial charge on any atom is 0.435 e. The van der Waals surface area contributed by atoms with Crippen molar-refractivity contribution in [1.29, 1.82) is 0 Å². The summed E-state index contributed by atoms with van der Waals surface area (Å²) in [6.45, 7) is 2.13. The van der Waals surface area contributed by atoms with Crippen LogP contribution in [-0.4, -0.2) is 60.1 Å². The molecular formula is C42H34F10N8O3S. The van der Waals surface area contributed by atoms with E-state index in [-0.39, 0.29) is 58.4 Å². The fraction of sp³-hybridized carbons (Fsp3) is 0.286. The van der Waals surface area contributed by atoms with Crippen molar-refractivity contribution >= 4 is 34.6 Å². The van der Waals surface area contributed by atoms with E-state index in [9.17, 15) is 53.5 Å². The molecule has 64 heavy (non-hydrogen) atoms. The average Bonchev–Trinajstić information content (AvgIpc) is 4.08. The highest BCUT2D eigenvalue weighted by Crippen LogP contribution is 2.36. The zero-order valence-corrected chi connectivity index (χ0v) is 34.3. The molecule has 0 radical (unpaired) electrons. The van der Waals surface area contributed by atoms with Crippen LogP contribution in [0.25, 0.3) is 11.1 Å². The number of alkyl halides is 5. The molecule has 22 heteroatoms. The molecule has 1 unspecified atom stereocenters. The number of nitrogens with zero attached hydrogens (tertiary/aromatic N) is 7. The molecule has 1 atom stereocenters. The summed E-state index contributed by atoms with van der Waals surface area (Å²) in [5.74, 6) is -6.82. The van der Waals surface area contributed by atoms with Crippen molar-refractivity contribution in [2.24, 2.45) is 12.2 Å². The minimum Gasteiger partial charge on any atom is -0.387 e. The van der Waals surface area contributed by atoms with Crippen LogP contribution in [0.4, 0.5) is 49.6 Å². The van der Waals surface area contributed by atoms with E-state index in [0.29, 0.717) is 37.3 Å². The molecule has 5 heterocycles. The molecule has 6 aromatic rings. The summed E-state index contributed by atoms with van der Waals surface area (Å²) in [5.41, 5.74) is -0.559. The first-order chi connectivity index (χ1) is 30.4. The highest BCUT2D eigenvalue weighted by molar-refractivity contribution is 7.10. The number of rotatable bonds is 9. The molecule has 1 saturated heterocycles. The molecule has 11 nitrogen and oxygen atoms in total. The molecule has 2 amide bonds. The van der Waals surface area contributed by atoms with E-state index >= 15 is 0 Å². The van der Waals surface area contributed by atoms with Crippen molar-refractivity contribution in [3.8, 4) is 11.1 Å². The van der Waals surface area contributed by atoms with Gasteiger partial charge in [-0.2, -0.15) is 23.4 Å². The van der Waals surface area contributed by atoms with Crippen molar-refractivity contribution in [3.63, 3.8) is 0 Å². The van der Waals surface area contributed by atoms with Gasteiger partial charge in [0.25, 0.3) is 12.3 Å². The lowest BCUT2D eigenvalue weighted by Gasteiger charge is -2.31. The van der Waals surface area contributed by atoms with Crippen LogP contribution in [0.1, 0.15) is 81.4 Å². The lowest BCUT2D eigenvalue weighted by Crippen LogP contribution is -2.40. The van der Waals surface area contributed by atoms with Gasteiger partial charge in [-0.05, 0) is 61.7 Å². The Morgan fingerprint density at radius 3 is 2.23 bits per heavy atom. The van der Waals surface area contributed by atoms with Crippen LogP contribution in [0.3, 0.4) is 0 Å². The summed E-state index contributed by atoms with van der Waals surface area (Å²) >= 11 is 1.45. The largest absolute Gasteiger partial charge is 0.435 e. The lowest BCUT2D eigenvalue weighted by molar-refractivity contribution is -0.142. The topological polar surface area (TPSA) is 120 Å². The van der Waals surface area contributed by atoms with Gasteiger partial charge in [-0.3, -0.25) is 19.0 Å². The summed E-state index contributed by atoms with van der Waals surface area (Å²) in [4.78, 5) is 36.7. The Balaban J connectivity index is 0.000000201. The molecule has 1 fully saturated rings. The van der Waals surface area contributed by atoms with Gasteiger partial charge in [-0.15, -0.1) is 11.3 Å². The van der Waals surface area contributed by atoms with Crippen molar-refractivity contribution in [3.05, 3.63) is 140 Å². The summed E-state index contributed by atoms with van der Waals surface area (Å²) in [5, 5.41) is 16.2. The van der Waals surface area contributed by atoms with Crippen molar-refractivity contribution in [1.82, 2.24) is 29.4 Å². The molecule has 0 bridgehead atoms. The highest BCUT2D eigenvalue weighted by atomic mass is 32.1. The minimum absolute atomic E-state index is 0.0254. The molecular weight excluding hydrogens is 887 g/mol. The second kappa shape index (κ2) is 18.6. The van der Waals surface area contributed by atoms with Crippen molar-refractivity contribution in [2.75, 3.05) is 18.4 Å². The third kappa shape index (κ3) is 9.95. The Hall–Kier alpha value is -6.58. The number of likely N-dealkylation sites (tertiary alicyclic amines) is 1. The third-order valence-corrected chi connectivity index (χ3v) is 11.3. The first kappa shape index (κ1) is 45.4. The predicted octanol–water partition coefficient (Wildman–Crippen LogP) is 9.91. The summed E-state index contributed by atoms with van der Waals surface area (Å²) in [6.07, 6.45) is -5.75. The first-order valence-corrected chi connectivity index (χ1v) is 20.1. The van der Waals surface area contributed by atoms with Crippen LogP contribution >= 0.6 is 11.3 Å². The normalized spacial score (nSPS) is 15.5. The quantitative estimate of drug-likeness (QED) is 0.114. The number of oxime groups is 1. The van der Waals surface area contributed by atoms with Crippen LogP contribution in [-0.2, 0) is 29.4 Å². The van der Waals surface area contributed by atoms with Gasteiger partial charge in [0.15, 0.2) is 29.2 Å². The van der Waals surface area contributed by atoms with Crippen LogP contribution in [0.5, 0.6) is 0 Å². The van der Waals surface area contributed by atoms with Gasteiger partial charge in [-0.25, -0.2) is 35.7 Å². The lowest BCUT2D eigenvalue weighted by atomic mass is 9.97. The average molecular weight is 921 g/mol. The Morgan fingerprint density at radius 1 is 0.922 bits per heavy atom. The third-order valence-electron chi connectivity index (χ3n) is 10.3. The maximum atomic E-state index is 14.1. The van der Waals surface area contributed by atoms with E-state index < -0.39 is 65.1 Å². The van der Waals surface area contributed by atoms with Gasteiger partial charge in [0.05, 0.1) is 21.8 Å². The van der Waals surface area contributed by atoms with Gasteiger partial charge in [0.2, 0.25) is 5.91 Å². The number of benzene rings is 3. The summed E-state index contributed by atoms with van der Waals surface area (Å²) in [7, 11) is 1.39. The number of hydrogen-bond acceptors (Lipinski definition) is 8. The fourth-order valence-corrected chi connectivity index (χ4v) is 8.11. The Morgan fingerprint density at radius 2 is 1.59 bits per heavy atom. The van der Waals surface area contributed by atoms with E-state index in [2.05, 4.69) is 25.7 Å². The van der Waals surface area contributed by atoms with Gasteiger partial charge < -0.3 is 15.1 Å². The molecule has 2 aliphatic heterocycles. The first-order valence-electron chi connectivity index (χ1n) is 19.3. The Kier molecular flexibility index (Phi) is 13.2. The van der Waals surface area contributed by atoms with Crippen molar-refractivity contribution < 1.29 is 58.3 Å². The standard InChI is InChI=1S/C24H22F5N5O2S.C18H12F5N3O/c1-13-9-20(24(27,28)29)31-34(13)11-21(35)33-7-5-14(6-8-33)23-30-18(12-37-23)17-10-19(36-32-17)22-15(25)3-2-4-16(22)26;1-26-8-11(16(25-26)17(22)23)18(27)24-14-5-3-2-4-10(14)9-6-12(19)15(21)13(20)7-9/h2-4,9,12,14,19H,5-8,10-11H2,1H3;2-8,17H,1H3,(H,24,27). The minimum atomic E-state index is -4.56. The van der Waals surface area contributed by atoms with Gasteiger partial charge in [0.1, 0.15) is 29.6 Å². The number of amides is 2. The number of hydrogen-bond donors (Lipinski definition) is 1. The number of thiazole rings is 1. The molecule has 336 valence electrons. The van der Waals surface area contributed by atoms with Crippen LogP contribution in [0, 0.1) is 36.0 Å². The SMILES string of the molecule is Cc1cc(C(F)(F)F)nn1CC(=O)N1CCC(c2nc(C3=NOC(c4c(F)cccc4F)C3)cs2)CC1.Cn1cc(C(=O)Nc2ccccc2-c2cc(F)c(F)c(F)c2)c(C(F)F)n1. The van der Waals surface area contributed by atoms with Gasteiger partial charge in [-0.1, -0.05) is 29.4 Å². The number of carbonyl (C=O) groups is 2. The molecule has 3 aromatic carbocycles. The Bertz CT molecular complexity index is 2680. The van der Waals surface area contributed by atoms with Crippen molar-refractivity contribution in [2.45, 2.75) is 57.4 Å². The van der Waals surface area contributed by atoms with Gasteiger partial charge >= 0.3 is 6.18 Å². The van der Waals surface area contributed by atoms with E-state index in [1.807, 2.05) is 5.38 Å². The summed E-state index contributed by atoms with van der Waals surface area (Å²) < 4.78 is 135. The monoisotopic (exact) mass is 920 g/mol. The molecule has 8 rings (SSSR count). The van der Waals surface area contributed by atoms with Crippen LogP contribution in [0.15, 0.2) is 77.4 Å². The number of aryl methyl sites for hydroxylation is 2. The van der Waals surface area contributed by atoms with E-state index in [1.54, 1.807) is 11.0 Å². The predicted molar refractivity (Wildman–Crippen MR) is 212 cm³/mol. The number of piperidine rings is 1. The zero-order chi connectivity index (χ0) is 46.0. The van der Waals surface area contributed by atoms with E-state index in [0.717, 1.165) is 38.8 Å². The molecule has 0 spiro atoms. The smallest absolute Gasteiger partial charge is 0.387 e. The summed E-state index contributed by atoms with van der Waals surface area (Å²) in [6, 6.07) is 12.1. The number of carbonyl (C=O) groups excluding carboxylic acids is 2. The molecule has 1 N–H and O–H groups in total. The van der Waals surface area contributed by atoms with E-state index in [4.69, 9.17) is 4.84 Å². The van der Waals surface area contributed by atoms with Gasteiger partial charge in [0, 0.05) is 61.0 Å². The number of aromatic nitrogens is 5. The number of para-hydroxylation sites is 1. The maximum absolute atomic E-state index is 14.1. The van der Waals surface area contributed by atoms with Crippen LogP contribution < -0.4 is 5.32 Å². The molecule has 3 aromatic heterocycles. The number of nitrogens with one attached hydrogen (secondary N) is 1. The Labute approximate surface area is 361 Å².